The lowest BCUT2D eigenvalue weighted by Gasteiger charge is -2.05. The number of hydrogen-bond acceptors (Lipinski definition) is 3. The first-order chi connectivity index (χ1) is 9.22. The molecule has 1 heterocycles. The minimum absolute atomic E-state index is 0. The molecule has 2 aromatic rings. The fourth-order valence-electron chi connectivity index (χ4n) is 2.05. The van der Waals surface area contributed by atoms with Gasteiger partial charge in [0, 0.05) is 13.5 Å². The average Bonchev–Trinajstić information content (AvgIpc) is 2.74. The van der Waals surface area contributed by atoms with Crippen LogP contribution in [0.15, 0.2) is 24.3 Å². The smallest absolute Gasteiger partial charge is 0.220 e. The van der Waals surface area contributed by atoms with E-state index in [9.17, 15) is 4.79 Å². The number of hydrogen-bond donors (Lipinski definition) is 2. The summed E-state index contributed by atoms with van der Waals surface area (Å²) in [4.78, 5) is 16.2. The van der Waals surface area contributed by atoms with Crippen LogP contribution in [0.4, 0.5) is 0 Å². The van der Waals surface area contributed by atoms with E-state index in [0.717, 1.165) is 29.8 Å². The van der Waals surface area contributed by atoms with Gasteiger partial charge in [-0.05, 0) is 32.1 Å². The Balaban J connectivity index is 0.00000200. The molecule has 0 fully saturated rings. The van der Waals surface area contributed by atoms with Crippen molar-refractivity contribution in [2.24, 2.45) is 7.05 Å². The van der Waals surface area contributed by atoms with E-state index in [1.54, 1.807) is 0 Å². The number of rotatable bonds is 6. The van der Waals surface area contributed by atoms with Crippen LogP contribution in [0.25, 0.3) is 11.0 Å². The van der Waals surface area contributed by atoms with E-state index in [1.165, 1.54) is 0 Å². The molecule has 1 amide bonds. The van der Waals surface area contributed by atoms with Crippen LogP contribution in [0.1, 0.15) is 18.7 Å². The number of para-hydroxylation sites is 2. The van der Waals surface area contributed by atoms with Crippen molar-refractivity contribution in [3.8, 4) is 0 Å². The predicted molar refractivity (Wildman–Crippen MR) is 90.2 cm³/mol. The first-order valence-electron chi connectivity index (χ1n) is 6.54. The van der Waals surface area contributed by atoms with Crippen LogP contribution in [0.2, 0.25) is 0 Å². The van der Waals surface area contributed by atoms with Crippen molar-refractivity contribution < 1.29 is 4.79 Å². The molecule has 0 bridgehead atoms. The first-order valence-corrected chi connectivity index (χ1v) is 6.54. The van der Waals surface area contributed by atoms with Gasteiger partial charge in [-0.15, -0.1) is 24.8 Å². The molecule has 5 nitrogen and oxygen atoms in total. The van der Waals surface area contributed by atoms with E-state index >= 15 is 0 Å². The van der Waals surface area contributed by atoms with Crippen LogP contribution in [-0.2, 0) is 18.4 Å². The van der Waals surface area contributed by atoms with E-state index < -0.39 is 0 Å². The molecule has 7 heteroatoms. The number of fused-ring (bicyclic) bond motifs is 1. The molecule has 0 aliphatic heterocycles. The summed E-state index contributed by atoms with van der Waals surface area (Å²) in [5, 5.41) is 5.94. The largest absolute Gasteiger partial charge is 0.349 e. The Labute approximate surface area is 137 Å². The Morgan fingerprint density at radius 3 is 2.67 bits per heavy atom. The number of amides is 1. The van der Waals surface area contributed by atoms with Gasteiger partial charge in [-0.2, -0.15) is 0 Å². The zero-order chi connectivity index (χ0) is 13.7. The molecule has 1 aromatic carbocycles. The summed E-state index contributed by atoms with van der Waals surface area (Å²) >= 11 is 0. The monoisotopic (exact) mass is 332 g/mol. The van der Waals surface area contributed by atoms with Gasteiger partial charge >= 0.3 is 0 Å². The van der Waals surface area contributed by atoms with Gasteiger partial charge in [0.05, 0.1) is 17.6 Å². The number of carbonyl (C=O) groups is 1. The number of nitrogens with one attached hydrogen (secondary N) is 2. The van der Waals surface area contributed by atoms with Crippen molar-refractivity contribution in [3.05, 3.63) is 30.1 Å². The summed E-state index contributed by atoms with van der Waals surface area (Å²) in [5.41, 5.74) is 2.05. The SMILES string of the molecule is CNCCCC(=O)NCc1nc2ccccc2n1C.Cl.Cl. The normalized spacial score (nSPS) is 9.81. The number of aryl methyl sites for hydroxylation is 1. The Morgan fingerprint density at radius 2 is 2.00 bits per heavy atom. The lowest BCUT2D eigenvalue weighted by molar-refractivity contribution is -0.121. The van der Waals surface area contributed by atoms with Gasteiger partial charge in [-0.25, -0.2) is 4.98 Å². The molecule has 2 N–H and O–H groups in total. The van der Waals surface area contributed by atoms with Gasteiger partial charge in [0.1, 0.15) is 5.82 Å². The zero-order valence-electron chi connectivity index (χ0n) is 12.3. The minimum atomic E-state index is 0. The standard InChI is InChI=1S/C14H20N4O.2ClH/c1-15-9-5-8-14(19)16-10-13-17-11-6-3-4-7-12(11)18(13)2;;/h3-4,6-7,15H,5,8-10H2,1-2H3,(H,16,19);2*1H. The van der Waals surface area contributed by atoms with E-state index in [0.29, 0.717) is 13.0 Å². The molecular weight excluding hydrogens is 311 g/mol. The quantitative estimate of drug-likeness (QED) is 0.796. The molecule has 0 aliphatic carbocycles. The van der Waals surface area contributed by atoms with Crippen molar-refractivity contribution in [1.29, 1.82) is 0 Å². The summed E-state index contributed by atoms with van der Waals surface area (Å²) in [6.45, 7) is 1.34. The highest BCUT2D eigenvalue weighted by molar-refractivity contribution is 5.85. The van der Waals surface area contributed by atoms with Crippen molar-refractivity contribution in [2.45, 2.75) is 19.4 Å². The molecule has 0 spiro atoms. The molecular formula is C14H22Cl2N4O. The second kappa shape index (κ2) is 9.60. The predicted octanol–water partition coefficient (Wildman–Crippen LogP) is 2.03. The topological polar surface area (TPSA) is 59.0 Å². The summed E-state index contributed by atoms with van der Waals surface area (Å²) in [6, 6.07) is 7.97. The van der Waals surface area contributed by atoms with E-state index in [-0.39, 0.29) is 30.7 Å². The Bertz CT molecular complexity index is 571. The maximum atomic E-state index is 11.6. The fourth-order valence-corrected chi connectivity index (χ4v) is 2.05. The molecule has 1 aromatic heterocycles. The Morgan fingerprint density at radius 1 is 1.29 bits per heavy atom. The summed E-state index contributed by atoms with van der Waals surface area (Å²) < 4.78 is 2.02. The lowest BCUT2D eigenvalue weighted by atomic mass is 10.3. The molecule has 0 aliphatic rings. The van der Waals surface area contributed by atoms with Crippen LogP contribution < -0.4 is 10.6 Å². The maximum Gasteiger partial charge on any atom is 0.220 e. The summed E-state index contributed by atoms with van der Waals surface area (Å²) in [7, 11) is 3.86. The zero-order valence-corrected chi connectivity index (χ0v) is 13.9. The number of aromatic nitrogens is 2. The van der Waals surface area contributed by atoms with E-state index in [4.69, 9.17) is 0 Å². The van der Waals surface area contributed by atoms with E-state index in [1.807, 2.05) is 42.9 Å². The highest BCUT2D eigenvalue weighted by Gasteiger charge is 2.08. The van der Waals surface area contributed by atoms with Crippen molar-refractivity contribution in [2.75, 3.05) is 13.6 Å². The van der Waals surface area contributed by atoms with Gasteiger partial charge < -0.3 is 15.2 Å². The number of benzene rings is 1. The molecule has 0 saturated carbocycles. The number of carbonyl (C=O) groups excluding carboxylic acids is 1. The van der Waals surface area contributed by atoms with Crippen LogP contribution in [0.5, 0.6) is 0 Å². The average molecular weight is 333 g/mol. The Hall–Kier alpha value is -1.30. The third kappa shape index (κ3) is 5.19. The molecule has 21 heavy (non-hydrogen) atoms. The maximum absolute atomic E-state index is 11.6. The molecule has 0 saturated heterocycles. The highest BCUT2D eigenvalue weighted by Crippen LogP contribution is 2.13. The molecule has 0 atom stereocenters. The number of imidazole rings is 1. The van der Waals surface area contributed by atoms with Gasteiger partial charge in [0.2, 0.25) is 5.91 Å². The third-order valence-corrected chi connectivity index (χ3v) is 3.15. The van der Waals surface area contributed by atoms with Gasteiger partial charge in [-0.3, -0.25) is 4.79 Å². The fraction of sp³-hybridized carbons (Fsp3) is 0.429. The van der Waals surface area contributed by atoms with Gasteiger partial charge in [0.25, 0.3) is 0 Å². The third-order valence-electron chi connectivity index (χ3n) is 3.15. The van der Waals surface area contributed by atoms with E-state index in [2.05, 4.69) is 15.6 Å². The lowest BCUT2D eigenvalue weighted by Crippen LogP contribution is -2.25. The molecule has 2 rings (SSSR count). The van der Waals surface area contributed by atoms with Crippen molar-refractivity contribution in [1.82, 2.24) is 20.2 Å². The minimum Gasteiger partial charge on any atom is -0.349 e. The second-order valence-corrected chi connectivity index (χ2v) is 4.56. The van der Waals surface area contributed by atoms with Crippen LogP contribution in [0.3, 0.4) is 0 Å². The molecule has 118 valence electrons. The second-order valence-electron chi connectivity index (χ2n) is 4.56. The summed E-state index contributed by atoms with van der Waals surface area (Å²) in [5.74, 6) is 0.950. The van der Waals surface area contributed by atoms with Gasteiger partial charge in [0.15, 0.2) is 0 Å². The number of halogens is 2. The first kappa shape index (κ1) is 19.7. The van der Waals surface area contributed by atoms with Crippen LogP contribution in [0, 0.1) is 0 Å². The van der Waals surface area contributed by atoms with Gasteiger partial charge in [-0.1, -0.05) is 12.1 Å². The summed E-state index contributed by atoms with van der Waals surface area (Å²) in [6.07, 6.45) is 1.40. The Kier molecular flexibility index (Phi) is 9.01. The van der Waals surface area contributed by atoms with Crippen LogP contribution >= 0.6 is 24.8 Å². The number of nitrogens with zero attached hydrogens (tertiary/aromatic N) is 2. The van der Waals surface area contributed by atoms with Crippen molar-refractivity contribution >= 4 is 41.8 Å². The van der Waals surface area contributed by atoms with Crippen LogP contribution in [-0.4, -0.2) is 29.1 Å². The molecule has 0 radical (unpaired) electrons. The highest BCUT2D eigenvalue weighted by atomic mass is 35.5. The van der Waals surface area contributed by atoms with Crippen molar-refractivity contribution in [3.63, 3.8) is 0 Å². The molecule has 0 unspecified atom stereocenters.